The maximum absolute atomic E-state index is 13.4. The van der Waals surface area contributed by atoms with Crippen LogP contribution in [0, 0.1) is 5.41 Å². The second kappa shape index (κ2) is 8.01. The van der Waals surface area contributed by atoms with Gasteiger partial charge in [0.05, 0.1) is 28.1 Å². The molecule has 176 valence electrons. The van der Waals surface area contributed by atoms with Gasteiger partial charge in [-0.2, -0.15) is 13.2 Å². The topological polar surface area (TPSA) is 101 Å². The monoisotopic (exact) mass is 547 g/mol. The highest BCUT2D eigenvalue weighted by molar-refractivity contribution is 9.10. The van der Waals surface area contributed by atoms with E-state index >= 15 is 0 Å². The molecule has 1 atom stereocenters. The Balaban J connectivity index is 1.74. The van der Waals surface area contributed by atoms with E-state index in [0.717, 1.165) is 22.5 Å². The molecule has 2 aromatic rings. The molecule has 0 aromatic heterocycles. The van der Waals surface area contributed by atoms with Crippen molar-refractivity contribution in [1.82, 2.24) is 0 Å². The second-order valence-electron chi connectivity index (χ2n) is 8.10. The zero-order chi connectivity index (χ0) is 24.2. The number of halogens is 4. The quantitative estimate of drug-likeness (QED) is 0.600. The van der Waals surface area contributed by atoms with Gasteiger partial charge in [-0.25, -0.2) is 8.42 Å². The van der Waals surface area contributed by atoms with Gasteiger partial charge < -0.3 is 9.84 Å². The highest BCUT2D eigenvalue weighted by atomic mass is 79.9. The lowest BCUT2D eigenvalue weighted by atomic mass is 9.64. The third kappa shape index (κ3) is 4.33. The molecule has 0 spiro atoms. The number of nitrogens with zero attached hydrogens (tertiary/aromatic N) is 1. The Kier molecular flexibility index (Phi) is 5.72. The van der Waals surface area contributed by atoms with Crippen LogP contribution in [0.3, 0.4) is 0 Å². The Bertz CT molecular complexity index is 1240. The van der Waals surface area contributed by atoms with Gasteiger partial charge in [0.1, 0.15) is 17.6 Å². The molecule has 1 saturated carbocycles. The number of anilines is 1. The first-order valence-corrected chi connectivity index (χ1v) is 12.0. The number of hydrogen-bond donors (Lipinski definition) is 1. The van der Waals surface area contributed by atoms with Crippen molar-refractivity contribution in [2.75, 3.05) is 10.8 Å². The van der Waals surface area contributed by atoms with E-state index in [1.165, 1.54) is 12.1 Å². The first-order chi connectivity index (χ1) is 15.3. The number of carbonyl (C=O) groups excluding carboxylic acids is 1. The van der Waals surface area contributed by atoms with Crippen LogP contribution in [0.5, 0.6) is 5.75 Å². The van der Waals surface area contributed by atoms with Crippen molar-refractivity contribution in [2.24, 2.45) is 5.41 Å². The molecular formula is C21H17BrF3NO6S. The van der Waals surface area contributed by atoms with Crippen LogP contribution < -0.4 is 9.04 Å². The molecular weight excluding hydrogens is 531 g/mol. The Morgan fingerprint density at radius 2 is 1.91 bits per heavy atom. The van der Waals surface area contributed by atoms with Gasteiger partial charge in [-0.05, 0) is 36.4 Å². The van der Waals surface area contributed by atoms with Crippen LogP contribution in [0.15, 0.2) is 51.8 Å². The normalized spacial score (nSPS) is 19.9. The molecule has 0 bridgehead atoms. The smallest absolute Gasteiger partial charge is 0.416 e. The number of ketones is 1. The number of hydrogen-bond acceptors (Lipinski definition) is 5. The van der Waals surface area contributed by atoms with Crippen molar-refractivity contribution in [3.63, 3.8) is 0 Å². The lowest BCUT2D eigenvalue weighted by Gasteiger charge is -2.42. The van der Waals surface area contributed by atoms with Gasteiger partial charge in [0.2, 0.25) is 0 Å². The molecule has 0 saturated heterocycles. The highest BCUT2D eigenvalue weighted by Gasteiger charge is 2.52. The molecule has 1 heterocycles. The van der Waals surface area contributed by atoms with Gasteiger partial charge in [0, 0.05) is 23.7 Å². The van der Waals surface area contributed by atoms with E-state index in [2.05, 4.69) is 15.9 Å². The van der Waals surface area contributed by atoms with Gasteiger partial charge >= 0.3 is 12.1 Å². The Hall–Kier alpha value is -2.60. The minimum atomic E-state index is -4.73. The first-order valence-electron chi connectivity index (χ1n) is 9.73. The SMILES string of the molecule is O=C1CC(C[C@H]2CN(S(=O)(=O)c3cccc(C(F)(F)F)c3)c3cc(Br)ccc3O2)(C(=O)O)C1. The van der Waals surface area contributed by atoms with Gasteiger partial charge in [-0.3, -0.25) is 13.9 Å². The Morgan fingerprint density at radius 1 is 1.21 bits per heavy atom. The number of aliphatic carboxylic acids is 1. The summed E-state index contributed by atoms with van der Waals surface area (Å²) in [5.74, 6) is -1.26. The summed E-state index contributed by atoms with van der Waals surface area (Å²) >= 11 is 3.25. The molecule has 4 rings (SSSR count). The van der Waals surface area contributed by atoms with Crippen molar-refractivity contribution in [3.8, 4) is 5.75 Å². The lowest BCUT2D eigenvalue weighted by Crippen LogP contribution is -2.51. The number of benzene rings is 2. The summed E-state index contributed by atoms with van der Waals surface area (Å²) in [4.78, 5) is 22.7. The molecule has 7 nitrogen and oxygen atoms in total. The zero-order valence-electron chi connectivity index (χ0n) is 16.8. The van der Waals surface area contributed by atoms with Crippen LogP contribution in [-0.2, 0) is 25.8 Å². The van der Waals surface area contributed by atoms with Crippen molar-refractivity contribution in [1.29, 1.82) is 0 Å². The average molecular weight is 548 g/mol. The van der Waals surface area contributed by atoms with Crippen LogP contribution in [0.1, 0.15) is 24.8 Å². The van der Waals surface area contributed by atoms with E-state index in [1.807, 2.05) is 0 Å². The summed E-state index contributed by atoms with van der Waals surface area (Å²) in [7, 11) is -4.47. The van der Waals surface area contributed by atoms with E-state index in [1.54, 1.807) is 6.07 Å². The molecule has 33 heavy (non-hydrogen) atoms. The number of carboxylic acids is 1. The maximum atomic E-state index is 13.4. The third-order valence-electron chi connectivity index (χ3n) is 5.75. The zero-order valence-corrected chi connectivity index (χ0v) is 19.2. The molecule has 1 aliphatic heterocycles. The number of ether oxygens (including phenoxy) is 1. The highest BCUT2D eigenvalue weighted by Crippen LogP contribution is 2.46. The summed E-state index contributed by atoms with van der Waals surface area (Å²) < 4.78 is 73.7. The number of carboxylic acid groups (broad SMARTS) is 1. The van der Waals surface area contributed by atoms with Crippen molar-refractivity contribution in [3.05, 3.63) is 52.5 Å². The predicted octanol–water partition coefficient (Wildman–Crippen LogP) is 4.25. The first kappa shape index (κ1) is 23.6. The van der Waals surface area contributed by atoms with Crippen LogP contribution in [0.25, 0.3) is 0 Å². The largest absolute Gasteiger partial charge is 0.486 e. The summed E-state index contributed by atoms with van der Waals surface area (Å²) in [6.07, 6.45) is -6.16. The van der Waals surface area contributed by atoms with Gasteiger partial charge in [0.25, 0.3) is 10.0 Å². The molecule has 2 aromatic carbocycles. The lowest BCUT2D eigenvalue weighted by molar-refractivity contribution is -0.163. The number of rotatable bonds is 5. The number of sulfonamides is 1. The van der Waals surface area contributed by atoms with Crippen molar-refractivity contribution >= 4 is 43.4 Å². The van der Waals surface area contributed by atoms with Crippen LogP contribution in [0.2, 0.25) is 0 Å². The molecule has 0 unspecified atom stereocenters. The van der Waals surface area contributed by atoms with E-state index < -0.39 is 44.1 Å². The fourth-order valence-corrected chi connectivity index (χ4v) is 5.99. The standard InChI is InChI=1S/C21H17BrF3NO6S/c22-13-4-5-18-17(7-13)26(11-15(32-18)10-20(19(28)29)8-14(27)9-20)33(30,31)16-3-1-2-12(6-16)21(23,24)25/h1-7,15H,8-11H2,(H,28,29)/t15-/m0/s1. The molecule has 1 aliphatic carbocycles. The fraction of sp³-hybridized carbons (Fsp3) is 0.333. The average Bonchev–Trinajstić information content (AvgIpc) is 2.71. The van der Waals surface area contributed by atoms with Crippen molar-refractivity contribution in [2.45, 2.75) is 36.4 Å². The van der Waals surface area contributed by atoms with Gasteiger partial charge in [-0.1, -0.05) is 22.0 Å². The summed E-state index contributed by atoms with van der Waals surface area (Å²) in [6, 6.07) is 7.94. The molecule has 2 aliphatic rings. The molecule has 1 fully saturated rings. The summed E-state index contributed by atoms with van der Waals surface area (Å²) in [5, 5.41) is 9.62. The fourth-order valence-electron chi connectivity index (χ4n) is 4.10. The number of carbonyl (C=O) groups is 2. The number of alkyl halides is 3. The third-order valence-corrected chi connectivity index (χ3v) is 8.01. The minimum Gasteiger partial charge on any atom is -0.486 e. The number of Topliss-reactive ketones (excluding diaryl/α,β-unsaturated/α-hetero) is 1. The summed E-state index contributed by atoms with van der Waals surface area (Å²) in [5.41, 5.74) is -2.37. The minimum absolute atomic E-state index is 0.104. The van der Waals surface area contributed by atoms with E-state index in [0.29, 0.717) is 10.5 Å². The van der Waals surface area contributed by atoms with Crippen LogP contribution >= 0.6 is 15.9 Å². The maximum Gasteiger partial charge on any atom is 0.416 e. The Morgan fingerprint density at radius 3 is 2.52 bits per heavy atom. The van der Waals surface area contributed by atoms with Crippen LogP contribution in [0.4, 0.5) is 18.9 Å². The molecule has 0 amide bonds. The van der Waals surface area contributed by atoms with E-state index in [-0.39, 0.29) is 43.0 Å². The van der Waals surface area contributed by atoms with Crippen molar-refractivity contribution < 1.29 is 41.0 Å². The van der Waals surface area contributed by atoms with Gasteiger partial charge in [-0.15, -0.1) is 0 Å². The predicted molar refractivity (Wildman–Crippen MR) is 113 cm³/mol. The molecule has 12 heteroatoms. The summed E-state index contributed by atoms with van der Waals surface area (Å²) in [6.45, 7) is -0.328. The molecule has 0 radical (unpaired) electrons. The van der Waals surface area contributed by atoms with E-state index in [9.17, 15) is 36.3 Å². The van der Waals surface area contributed by atoms with Gasteiger partial charge in [0.15, 0.2) is 0 Å². The van der Waals surface area contributed by atoms with Crippen LogP contribution in [-0.4, -0.2) is 37.9 Å². The Labute approximate surface area is 195 Å². The van der Waals surface area contributed by atoms with E-state index in [4.69, 9.17) is 4.74 Å². The molecule has 1 N–H and O–H groups in total. The second-order valence-corrected chi connectivity index (χ2v) is 10.9. The number of fused-ring (bicyclic) bond motifs is 1.